The van der Waals surface area contributed by atoms with Gasteiger partial charge in [-0.1, -0.05) is 29.8 Å². The van der Waals surface area contributed by atoms with Crippen molar-refractivity contribution < 1.29 is 14.3 Å². The van der Waals surface area contributed by atoms with Gasteiger partial charge in [0.05, 0.1) is 23.7 Å². The SMILES string of the molecule is C[C@@H](O)CCC(=O)NCCc1nc2ccccc2n1Cc1c(F)cccc1Cl. The Morgan fingerprint density at radius 1 is 1.29 bits per heavy atom. The summed E-state index contributed by atoms with van der Waals surface area (Å²) in [5, 5.41) is 12.5. The molecule has 0 spiro atoms. The fraction of sp³-hybridized carbons (Fsp3) is 0.333. The molecule has 0 unspecified atom stereocenters. The van der Waals surface area contributed by atoms with Crippen molar-refractivity contribution in [2.24, 2.45) is 0 Å². The van der Waals surface area contributed by atoms with Gasteiger partial charge < -0.3 is 15.0 Å². The van der Waals surface area contributed by atoms with Crippen molar-refractivity contribution in [2.75, 3.05) is 6.54 Å². The molecule has 0 fully saturated rings. The van der Waals surface area contributed by atoms with Crippen molar-refractivity contribution in [3.05, 3.63) is 64.7 Å². The van der Waals surface area contributed by atoms with Crippen LogP contribution in [-0.2, 0) is 17.8 Å². The molecule has 1 amide bonds. The molecule has 0 aliphatic heterocycles. The molecule has 0 saturated heterocycles. The van der Waals surface area contributed by atoms with Crippen LogP contribution in [0.15, 0.2) is 42.5 Å². The third kappa shape index (κ3) is 4.88. The average molecular weight is 404 g/mol. The van der Waals surface area contributed by atoms with Crippen molar-refractivity contribution >= 4 is 28.5 Å². The fourth-order valence-corrected chi connectivity index (χ4v) is 3.30. The number of benzene rings is 2. The number of fused-ring (bicyclic) bond motifs is 1. The monoisotopic (exact) mass is 403 g/mol. The van der Waals surface area contributed by atoms with Gasteiger partial charge in [0, 0.05) is 30.0 Å². The van der Waals surface area contributed by atoms with Crippen LogP contribution in [0.2, 0.25) is 5.02 Å². The Morgan fingerprint density at radius 2 is 2.07 bits per heavy atom. The third-order valence-corrected chi connectivity index (χ3v) is 4.93. The zero-order valence-corrected chi connectivity index (χ0v) is 16.4. The van der Waals surface area contributed by atoms with Crippen molar-refractivity contribution in [1.29, 1.82) is 0 Å². The highest BCUT2D eigenvalue weighted by atomic mass is 35.5. The highest BCUT2D eigenvalue weighted by Gasteiger charge is 2.15. The number of aliphatic hydroxyl groups excluding tert-OH is 1. The molecule has 0 aliphatic carbocycles. The number of aromatic nitrogens is 2. The average Bonchev–Trinajstić information content (AvgIpc) is 3.00. The van der Waals surface area contributed by atoms with Crippen molar-refractivity contribution in [3.8, 4) is 0 Å². The first-order chi connectivity index (χ1) is 13.5. The van der Waals surface area contributed by atoms with E-state index in [9.17, 15) is 14.3 Å². The van der Waals surface area contributed by atoms with E-state index in [-0.39, 0.29) is 24.7 Å². The molecule has 3 rings (SSSR count). The first-order valence-corrected chi connectivity index (χ1v) is 9.65. The fourth-order valence-electron chi connectivity index (χ4n) is 3.08. The molecular formula is C21H23ClFN3O2. The molecule has 3 aromatic rings. The van der Waals surface area contributed by atoms with E-state index >= 15 is 0 Å². The summed E-state index contributed by atoms with van der Waals surface area (Å²) in [6.07, 6.45) is 0.705. The second-order valence-electron chi connectivity index (χ2n) is 6.79. The van der Waals surface area contributed by atoms with Crippen LogP contribution in [0.1, 0.15) is 31.2 Å². The lowest BCUT2D eigenvalue weighted by molar-refractivity contribution is -0.121. The number of aliphatic hydroxyl groups is 1. The van der Waals surface area contributed by atoms with Gasteiger partial charge in [-0.25, -0.2) is 9.37 Å². The predicted molar refractivity (Wildman–Crippen MR) is 108 cm³/mol. The van der Waals surface area contributed by atoms with Crippen molar-refractivity contribution in [2.45, 2.75) is 38.8 Å². The van der Waals surface area contributed by atoms with Gasteiger partial charge in [-0.05, 0) is 37.6 Å². The molecule has 1 aromatic heterocycles. The number of nitrogens with one attached hydrogen (secondary N) is 1. The van der Waals surface area contributed by atoms with Crippen LogP contribution < -0.4 is 5.32 Å². The highest BCUT2D eigenvalue weighted by molar-refractivity contribution is 6.31. The summed E-state index contributed by atoms with van der Waals surface area (Å²) in [7, 11) is 0. The molecule has 1 atom stereocenters. The van der Waals surface area contributed by atoms with Crippen LogP contribution in [0.5, 0.6) is 0 Å². The van der Waals surface area contributed by atoms with E-state index in [4.69, 9.17) is 11.6 Å². The highest BCUT2D eigenvalue weighted by Crippen LogP contribution is 2.24. The molecule has 7 heteroatoms. The summed E-state index contributed by atoms with van der Waals surface area (Å²) < 4.78 is 16.2. The first-order valence-electron chi connectivity index (χ1n) is 9.27. The Balaban J connectivity index is 1.79. The number of para-hydroxylation sites is 2. The van der Waals surface area contributed by atoms with Crippen LogP contribution in [0, 0.1) is 5.82 Å². The second-order valence-corrected chi connectivity index (χ2v) is 7.20. The lowest BCUT2D eigenvalue weighted by Gasteiger charge is -2.12. The lowest BCUT2D eigenvalue weighted by atomic mass is 10.2. The maximum atomic E-state index is 14.3. The van der Waals surface area contributed by atoms with Crippen LogP contribution in [0.3, 0.4) is 0 Å². The summed E-state index contributed by atoms with van der Waals surface area (Å²) in [6, 6.07) is 12.3. The molecule has 148 valence electrons. The van der Waals surface area contributed by atoms with E-state index in [0.717, 1.165) is 16.9 Å². The number of amides is 1. The van der Waals surface area contributed by atoms with E-state index < -0.39 is 6.10 Å². The zero-order valence-electron chi connectivity index (χ0n) is 15.7. The molecule has 28 heavy (non-hydrogen) atoms. The molecular weight excluding hydrogens is 381 g/mol. The summed E-state index contributed by atoms with van der Waals surface area (Å²) in [5.74, 6) is 0.278. The van der Waals surface area contributed by atoms with Gasteiger partial charge in [0.1, 0.15) is 11.6 Å². The predicted octanol–water partition coefficient (Wildman–Crippen LogP) is 3.70. The van der Waals surface area contributed by atoms with Crippen LogP contribution in [0.4, 0.5) is 4.39 Å². The Labute approximate surface area is 168 Å². The van der Waals surface area contributed by atoms with Crippen molar-refractivity contribution in [3.63, 3.8) is 0 Å². The minimum absolute atomic E-state index is 0.110. The number of nitrogens with zero attached hydrogens (tertiary/aromatic N) is 2. The van der Waals surface area contributed by atoms with Gasteiger partial charge in [0.25, 0.3) is 0 Å². The zero-order chi connectivity index (χ0) is 20.1. The number of imidazole rings is 1. The molecule has 1 heterocycles. The van der Waals surface area contributed by atoms with Crippen LogP contribution in [0.25, 0.3) is 11.0 Å². The molecule has 0 bridgehead atoms. The Kier molecular flexibility index (Phi) is 6.65. The van der Waals surface area contributed by atoms with Crippen molar-refractivity contribution in [1.82, 2.24) is 14.9 Å². The smallest absolute Gasteiger partial charge is 0.220 e. The van der Waals surface area contributed by atoms with E-state index in [1.165, 1.54) is 6.07 Å². The Bertz CT molecular complexity index is 951. The quantitative estimate of drug-likeness (QED) is 0.602. The molecule has 2 aromatic carbocycles. The van der Waals surface area contributed by atoms with E-state index in [1.807, 2.05) is 28.8 Å². The van der Waals surface area contributed by atoms with E-state index in [1.54, 1.807) is 19.1 Å². The minimum atomic E-state index is -0.500. The third-order valence-electron chi connectivity index (χ3n) is 4.57. The summed E-state index contributed by atoms with van der Waals surface area (Å²) in [4.78, 5) is 16.5. The number of hydrogen-bond acceptors (Lipinski definition) is 3. The van der Waals surface area contributed by atoms with Gasteiger partial charge in [-0.15, -0.1) is 0 Å². The van der Waals surface area contributed by atoms with Gasteiger partial charge in [-0.3, -0.25) is 4.79 Å². The molecule has 0 saturated carbocycles. The molecule has 5 nitrogen and oxygen atoms in total. The molecule has 2 N–H and O–H groups in total. The normalized spacial score (nSPS) is 12.3. The topological polar surface area (TPSA) is 67.2 Å². The van der Waals surface area contributed by atoms with Gasteiger partial charge in [0.2, 0.25) is 5.91 Å². The Hall–Kier alpha value is -2.44. The number of carbonyl (C=O) groups is 1. The molecule has 0 radical (unpaired) electrons. The molecule has 0 aliphatic rings. The second kappa shape index (κ2) is 9.17. The van der Waals surface area contributed by atoms with Gasteiger partial charge in [-0.2, -0.15) is 0 Å². The van der Waals surface area contributed by atoms with Gasteiger partial charge >= 0.3 is 0 Å². The number of halogens is 2. The minimum Gasteiger partial charge on any atom is -0.393 e. The summed E-state index contributed by atoms with van der Waals surface area (Å²) in [6.45, 7) is 2.33. The number of hydrogen-bond donors (Lipinski definition) is 2. The maximum Gasteiger partial charge on any atom is 0.220 e. The number of rotatable bonds is 8. The standard InChI is InChI=1S/C21H23ClFN3O2/c1-14(27)9-10-21(28)24-12-11-20-25-18-7-2-3-8-19(18)26(20)13-15-16(22)5-4-6-17(15)23/h2-8,14,27H,9-13H2,1H3,(H,24,28)/t14-/m1/s1. The Morgan fingerprint density at radius 3 is 2.82 bits per heavy atom. The lowest BCUT2D eigenvalue weighted by Crippen LogP contribution is -2.27. The van der Waals surface area contributed by atoms with Gasteiger partial charge in [0.15, 0.2) is 0 Å². The van der Waals surface area contributed by atoms with Crippen LogP contribution in [-0.4, -0.2) is 33.2 Å². The first kappa shape index (κ1) is 20.3. The largest absolute Gasteiger partial charge is 0.393 e. The summed E-state index contributed by atoms with van der Waals surface area (Å²) in [5.41, 5.74) is 2.11. The van der Waals surface area contributed by atoms with E-state index in [2.05, 4.69) is 10.3 Å². The summed E-state index contributed by atoms with van der Waals surface area (Å²) >= 11 is 6.20. The number of carbonyl (C=O) groups excluding carboxylic acids is 1. The van der Waals surface area contributed by atoms with E-state index in [0.29, 0.717) is 30.0 Å². The maximum absolute atomic E-state index is 14.3. The van der Waals surface area contributed by atoms with Crippen LogP contribution >= 0.6 is 11.6 Å².